The summed E-state index contributed by atoms with van der Waals surface area (Å²) in [5.41, 5.74) is 7.43. The summed E-state index contributed by atoms with van der Waals surface area (Å²) in [4.78, 5) is 0. The molecule has 1 aliphatic carbocycles. The molecule has 2 N–H and O–H groups in total. The minimum atomic E-state index is 0.443. The van der Waals surface area contributed by atoms with Gasteiger partial charge in [-0.25, -0.2) is 0 Å². The minimum absolute atomic E-state index is 0.443. The summed E-state index contributed by atoms with van der Waals surface area (Å²) in [6.45, 7) is 2.33. The molecule has 0 saturated heterocycles. The fraction of sp³-hybridized carbons (Fsp3) is 0.538. The van der Waals surface area contributed by atoms with Gasteiger partial charge >= 0.3 is 0 Å². The first-order chi connectivity index (χ1) is 6.75. The summed E-state index contributed by atoms with van der Waals surface area (Å²) >= 11 is 0. The van der Waals surface area contributed by atoms with Crippen LogP contribution in [0, 0.1) is 11.8 Å². The molecule has 0 radical (unpaired) electrons. The fourth-order valence-electron chi connectivity index (χ4n) is 2.59. The molecular weight excluding hydrogens is 170 g/mol. The molecule has 0 aromatic heterocycles. The fourth-order valence-corrected chi connectivity index (χ4v) is 2.59. The second-order valence-corrected chi connectivity index (χ2v) is 4.66. The van der Waals surface area contributed by atoms with Crippen LogP contribution in [0.3, 0.4) is 0 Å². The summed E-state index contributed by atoms with van der Waals surface area (Å²) < 4.78 is 0. The molecule has 1 aromatic rings. The lowest BCUT2D eigenvalue weighted by Gasteiger charge is -2.14. The number of hydrogen-bond donors (Lipinski definition) is 1. The van der Waals surface area contributed by atoms with E-state index in [0.29, 0.717) is 6.04 Å². The zero-order valence-electron chi connectivity index (χ0n) is 8.82. The van der Waals surface area contributed by atoms with Crippen LogP contribution in [0.15, 0.2) is 30.3 Å². The normalized spacial score (nSPS) is 32.0. The van der Waals surface area contributed by atoms with Crippen LogP contribution < -0.4 is 5.73 Å². The molecule has 0 amide bonds. The Hall–Kier alpha value is -0.820. The van der Waals surface area contributed by atoms with Gasteiger partial charge in [-0.15, -0.1) is 0 Å². The van der Waals surface area contributed by atoms with Crippen molar-refractivity contribution >= 4 is 0 Å². The number of hydrogen-bond acceptors (Lipinski definition) is 1. The summed E-state index contributed by atoms with van der Waals surface area (Å²) in [5, 5.41) is 0. The highest BCUT2D eigenvalue weighted by Gasteiger charge is 2.28. The van der Waals surface area contributed by atoms with Crippen molar-refractivity contribution < 1.29 is 0 Å². The van der Waals surface area contributed by atoms with E-state index in [-0.39, 0.29) is 0 Å². The Kier molecular flexibility index (Phi) is 2.87. The van der Waals surface area contributed by atoms with Crippen LogP contribution in [-0.2, 0) is 6.42 Å². The standard InChI is InChI=1S/C13H19N/c1-10-7-13(14)9-12(10)8-11-5-3-2-4-6-11/h2-6,10,12-13H,7-9,14H2,1H3. The van der Waals surface area contributed by atoms with Crippen molar-refractivity contribution in [1.82, 2.24) is 0 Å². The Morgan fingerprint density at radius 1 is 1.21 bits per heavy atom. The van der Waals surface area contributed by atoms with Gasteiger partial charge in [-0.3, -0.25) is 0 Å². The van der Waals surface area contributed by atoms with Gasteiger partial charge in [-0.1, -0.05) is 37.3 Å². The van der Waals surface area contributed by atoms with E-state index < -0.39 is 0 Å². The van der Waals surface area contributed by atoms with E-state index in [1.807, 2.05) is 0 Å². The van der Waals surface area contributed by atoms with Crippen molar-refractivity contribution in [2.75, 3.05) is 0 Å². The van der Waals surface area contributed by atoms with Gasteiger partial charge in [0, 0.05) is 6.04 Å². The molecule has 0 bridgehead atoms. The molecule has 76 valence electrons. The number of rotatable bonds is 2. The van der Waals surface area contributed by atoms with Gasteiger partial charge in [0.05, 0.1) is 0 Å². The first kappa shape index (κ1) is 9.72. The lowest BCUT2D eigenvalue weighted by molar-refractivity contribution is 0.417. The number of nitrogens with two attached hydrogens (primary N) is 1. The Balaban J connectivity index is 1.98. The van der Waals surface area contributed by atoms with Crippen LogP contribution in [0.5, 0.6) is 0 Å². The van der Waals surface area contributed by atoms with E-state index in [2.05, 4.69) is 37.3 Å². The van der Waals surface area contributed by atoms with Crippen molar-refractivity contribution in [1.29, 1.82) is 0 Å². The third-order valence-corrected chi connectivity index (χ3v) is 3.43. The highest BCUT2D eigenvalue weighted by molar-refractivity contribution is 5.15. The molecule has 3 atom stereocenters. The van der Waals surface area contributed by atoms with Crippen molar-refractivity contribution in [3.05, 3.63) is 35.9 Å². The van der Waals surface area contributed by atoms with E-state index in [1.165, 1.54) is 24.8 Å². The van der Waals surface area contributed by atoms with Gasteiger partial charge in [0.1, 0.15) is 0 Å². The lowest BCUT2D eigenvalue weighted by atomic mass is 9.91. The van der Waals surface area contributed by atoms with Gasteiger partial charge in [-0.2, -0.15) is 0 Å². The molecule has 1 nitrogen and oxygen atoms in total. The third kappa shape index (κ3) is 2.16. The predicted molar refractivity (Wildman–Crippen MR) is 60.0 cm³/mol. The molecule has 0 aliphatic heterocycles. The summed E-state index contributed by atoms with van der Waals surface area (Å²) in [7, 11) is 0. The van der Waals surface area contributed by atoms with Gasteiger partial charge in [0.2, 0.25) is 0 Å². The van der Waals surface area contributed by atoms with Gasteiger partial charge < -0.3 is 5.73 Å². The SMILES string of the molecule is CC1CC(N)CC1Cc1ccccc1. The molecule has 1 fully saturated rings. The molecule has 0 spiro atoms. The Morgan fingerprint density at radius 2 is 1.93 bits per heavy atom. The Bertz CT molecular complexity index is 281. The monoisotopic (exact) mass is 189 g/mol. The van der Waals surface area contributed by atoms with Crippen molar-refractivity contribution in [3.63, 3.8) is 0 Å². The molecule has 1 aromatic carbocycles. The van der Waals surface area contributed by atoms with E-state index in [1.54, 1.807) is 0 Å². The van der Waals surface area contributed by atoms with Crippen LogP contribution in [-0.4, -0.2) is 6.04 Å². The minimum Gasteiger partial charge on any atom is -0.328 e. The molecular formula is C13H19N. The highest BCUT2D eigenvalue weighted by Crippen LogP contribution is 2.32. The quantitative estimate of drug-likeness (QED) is 0.760. The van der Waals surface area contributed by atoms with E-state index >= 15 is 0 Å². The molecule has 2 rings (SSSR count). The molecule has 0 heterocycles. The third-order valence-electron chi connectivity index (χ3n) is 3.43. The zero-order valence-corrected chi connectivity index (χ0v) is 8.82. The van der Waals surface area contributed by atoms with E-state index in [0.717, 1.165) is 11.8 Å². The maximum Gasteiger partial charge on any atom is 0.00443 e. The van der Waals surface area contributed by atoms with E-state index in [4.69, 9.17) is 5.73 Å². The van der Waals surface area contributed by atoms with Crippen LogP contribution in [0.4, 0.5) is 0 Å². The zero-order chi connectivity index (χ0) is 9.97. The second-order valence-electron chi connectivity index (χ2n) is 4.66. The van der Waals surface area contributed by atoms with Crippen molar-refractivity contribution in [2.45, 2.75) is 32.2 Å². The van der Waals surface area contributed by atoms with Crippen LogP contribution in [0.1, 0.15) is 25.3 Å². The van der Waals surface area contributed by atoms with Crippen molar-refractivity contribution in [3.8, 4) is 0 Å². The molecule has 1 heteroatoms. The smallest absolute Gasteiger partial charge is 0.00443 e. The maximum absolute atomic E-state index is 5.97. The second kappa shape index (κ2) is 4.14. The first-order valence-electron chi connectivity index (χ1n) is 5.55. The highest BCUT2D eigenvalue weighted by atomic mass is 14.7. The molecule has 1 saturated carbocycles. The van der Waals surface area contributed by atoms with E-state index in [9.17, 15) is 0 Å². The van der Waals surface area contributed by atoms with Gasteiger partial charge in [0.15, 0.2) is 0 Å². The lowest BCUT2D eigenvalue weighted by Crippen LogP contribution is -2.15. The van der Waals surface area contributed by atoms with Gasteiger partial charge in [0.25, 0.3) is 0 Å². The average Bonchev–Trinajstić information content (AvgIpc) is 2.47. The number of benzene rings is 1. The van der Waals surface area contributed by atoms with Crippen LogP contribution in [0.25, 0.3) is 0 Å². The average molecular weight is 189 g/mol. The van der Waals surface area contributed by atoms with Crippen molar-refractivity contribution in [2.24, 2.45) is 17.6 Å². The molecule has 1 aliphatic rings. The Morgan fingerprint density at radius 3 is 2.50 bits per heavy atom. The summed E-state index contributed by atoms with van der Waals surface area (Å²) in [5.74, 6) is 1.60. The largest absolute Gasteiger partial charge is 0.328 e. The molecule has 3 unspecified atom stereocenters. The predicted octanol–water partition coefficient (Wildman–Crippen LogP) is 2.60. The first-order valence-corrected chi connectivity index (χ1v) is 5.55. The topological polar surface area (TPSA) is 26.0 Å². The Labute approximate surface area is 86.3 Å². The summed E-state index contributed by atoms with van der Waals surface area (Å²) in [6, 6.07) is 11.2. The van der Waals surface area contributed by atoms with Gasteiger partial charge in [-0.05, 0) is 36.7 Å². The summed E-state index contributed by atoms with van der Waals surface area (Å²) in [6.07, 6.45) is 3.61. The van der Waals surface area contributed by atoms with Crippen LogP contribution in [0.2, 0.25) is 0 Å². The molecule has 14 heavy (non-hydrogen) atoms. The van der Waals surface area contributed by atoms with Crippen LogP contribution >= 0.6 is 0 Å². The maximum atomic E-state index is 5.97.